The number of benzene rings is 1. The predicted molar refractivity (Wildman–Crippen MR) is 101 cm³/mol. The van der Waals surface area contributed by atoms with E-state index in [0.717, 1.165) is 44.0 Å². The van der Waals surface area contributed by atoms with Gasteiger partial charge >= 0.3 is 0 Å². The quantitative estimate of drug-likeness (QED) is 0.863. The minimum absolute atomic E-state index is 0.186. The minimum atomic E-state index is -0.252. The molecule has 0 spiro atoms. The zero-order valence-corrected chi connectivity index (χ0v) is 15.1. The van der Waals surface area contributed by atoms with E-state index in [0.29, 0.717) is 18.7 Å². The summed E-state index contributed by atoms with van der Waals surface area (Å²) in [6.07, 6.45) is 2.43. The van der Waals surface area contributed by atoms with Gasteiger partial charge < -0.3 is 15.1 Å². The molecule has 6 heteroatoms. The summed E-state index contributed by atoms with van der Waals surface area (Å²) < 4.78 is 12.9. The Labute approximate surface area is 153 Å². The third kappa shape index (κ3) is 4.79. The highest BCUT2D eigenvalue weighted by atomic mass is 19.1. The summed E-state index contributed by atoms with van der Waals surface area (Å²) in [6, 6.07) is 10.0. The molecule has 1 saturated heterocycles. The topological polar surface area (TPSA) is 48.5 Å². The standard InChI is InChI=1S/C20H25FN4O/c1-2-24-11-13-25(14-12-24)18-7-8-19(23-15-18)20(26)22-10-9-16-3-5-17(21)6-4-16/h3-8,15H,2,9-14H2,1H3,(H,22,26). The second-order valence-corrected chi connectivity index (χ2v) is 6.46. The number of nitrogens with one attached hydrogen (secondary N) is 1. The molecule has 0 bridgehead atoms. The van der Waals surface area contributed by atoms with E-state index in [1.165, 1.54) is 12.1 Å². The van der Waals surface area contributed by atoms with E-state index in [4.69, 9.17) is 0 Å². The van der Waals surface area contributed by atoms with Crippen LogP contribution in [0.15, 0.2) is 42.6 Å². The number of anilines is 1. The van der Waals surface area contributed by atoms with Crippen LogP contribution in [0.25, 0.3) is 0 Å². The number of likely N-dealkylation sites (N-methyl/N-ethyl adjacent to an activating group) is 1. The van der Waals surface area contributed by atoms with Crippen LogP contribution in [-0.4, -0.2) is 55.1 Å². The molecule has 3 rings (SSSR count). The Hall–Kier alpha value is -2.47. The lowest BCUT2D eigenvalue weighted by Gasteiger charge is -2.35. The zero-order valence-electron chi connectivity index (χ0n) is 15.1. The van der Waals surface area contributed by atoms with Crippen molar-refractivity contribution in [1.29, 1.82) is 0 Å². The molecule has 26 heavy (non-hydrogen) atoms. The van der Waals surface area contributed by atoms with Crippen molar-refractivity contribution in [2.24, 2.45) is 0 Å². The molecule has 1 aliphatic rings. The molecule has 2 aromatic rings. The number of hydrogen-bond donors (Lipinski definition) is 1. The molecule has 1 amide bonds. The number of piperazine rings is 1. The van der Waals surface area contributed by atoms with Crippen LogP contribution < -0.4 is 10.2 Å². The molecule has 0 radical (unpaired) electrons. The second-order valence-electron chi connectivity index (χ2n) is 6.46. The van der Waals surface area contributed by atoms with Crippen molar-refractivity contribution in [3.8, 4) is 0 Å². The van der Waals surface area contributed by atoms with E-state index in [1.54, 1.807) is 24.4 Å². The van der Waals surface area contributed by atoms with Gasteiger partial charge in [0.05, 0.1) is 11.9 Å². The number of carbonyl (C=O) groups excluding carboxylic acids is 1. The number of halogens is 1. The lowest BCUT2D eigenvalue weighted by atomic mass is 10.1. The molecular formula is C20H25FN4O. The van der Waals surface area contributed by atoms with Gasteiger partial charge in [0.2, 0.25) is 0 Å². The Kier molecular flexibility index (Phi) is 6.17. The largest absolute Gasteiger partial charge is 0.368 e. The molecule has 0 saturated carbocycles. The summed E-state index contributed by atoms with van der Waals surface area (Å²) in [5, 5.41) is 2.86. The van der Waals surface area contributed by atoms with Crippen LogP contribution >= 0.6 is 0 Å². The molecule has 1 aromatic carbocycles. The Morgan fingerprint density at radius 3 is 2.46 bits per heavy atom. The SMILES string of the molecule is CCN1CCN(c2ccc(C(=O)NCCc3ccc(F)cc3)nc2)CC1. The Morgan fingerprint density at radius 2 is 1.85 bits per heavy atom. The van der Waals surface area contributed by atoms with Gasteiger partial charge in [0.1, 0.15) is 11.5 Å². The number of carbonyl (C=O) groups is 1. The molecule has 138 valence electrons. The molecule has 1 N–H and O–H groups in total. The third-order valence-corrected chi connectivity index (χ3v) is 4.78. The van der Waals surface area contributed by atoms with Crippen LogP contribution in [0, 0.1) is 5.82 Å². The molecule has 1 aromatic heterocycles. The normalized spacial score (nSPS) is 15.1. The lowest BCUT2D eigenvalue weighted by Crippen LogP contribution is -2.46. The second kappa shape index (κ2) is 8.76. The van der Waals surface area contributed by atoms with E-state index in [-0.39, 0.29) is 11.7 Å². The maximum Gasteiger partial charge on any atom is 0.269 e. The van der Waals surface area contributed by atoms with Crippen molar-refractivity contribution in [1.82, 2.24) is 15.2 Å². The summed E-state index contributed by atoms with van der Waals surface area (Å²) >= 11 is 0. The first-order chi connectivity index (χ1) is 12.7. The van der Waals surface area contributed by atoms with Crippen LogP contribution in [0.2, 0.25) is 0 Å². The van der Waals surface area contributed by atoms with Gasteiger partial charge in [-0.2, -0.15) is 0 Å². The summed E-state index contributed by atoms with van der Waals surface area (Å²) in [5.74, 6) is -0.437. The molecular weight excluding hydrogens is 331 g/mol. The Bertz CT molecular complexity index is 710. The van der Waals surface area contributed by atoms with E-state index >= 15 is 0 Å². The van der Waals surface area contributed by atoms with Gasteiger partial charge in [-0.3, -0.25) is 4.79 Å². The van der Waals surface area contributed by atoms with Crippen molar-refractivity contribution in [2.75, 3.05) is 44.2 Å². The van der Waals surface area contributed by atoms with Crippen LogP contribution in [0.5, 0.6) is 0 Å². The van der Waals surface area contributed by atoms with Gasteiger partial charge in [0, 0.05) is 32.7 Å². The smallest absolute Gasteiger partial charge is 0.269 e. The number of hydrogen-bond acceptors (Lipinski definition) is 4. The molecule has 5 nitrogen and oxygen atoms in total. The maximum absolute atomic E-state index is 12.9. The number of nitrogens with zero attached hydrogens (tertiary/aromatic N) is 3. The van der Waals surface area contributed by atoms with Crippen LogP contribution in [0.1, 0.15) is 23.0 Å². The molecule has 1 fully saturated rings. The Balaban J connectivity index is 1.48. The van der Waals surface area contributed by atoms with E-state index < -0.39 is 0 Å². The summed E-state index contributed by atoms with van der Waals surface area (Å²) in [5.41, 5.74) is 2.46. The van der Waals surface area contributed by atoms with Gasteiger partial charge in [-0.25, -0.2) is 9.37 Å². The number of rotatable bonds is 6. The van der Waals surface area contributed by atoms with E-state index in [2.05, 4.69) is 27.0 Å². The van der Waals surface area contributed by atoms with Crippen LogP contribution in [0.4, 0.5) is 10.1 Å². The summed E-state index contributed by atoms with van der Waals surface area (Å²) in [4.78, 5) is 21.2. The molecule has 0 unspecified atom stereocenters. The lowest BCUT2D eigenvalue weighted by molar-refractivity contribution is 0.0949. The molecule has 2 heterocycles. The Morgan fingerprint density at radius 1 is 1.12 bits per heavy atom. The predicted octanol–water partition coefficient (Wildman–Crippen LogP) is 2.34. The van der Waals surface area contributed by atoms with Crippen LogP contribution in [0.3, 0.4) is 0 Å². The van der Waals surface area contributed by atoms with Gasteiger partial charge in [0.15, 0.2) is 0 Å². The van der Waals surface area contributed by atoms with Gasteiger partial charge in [-0.05, 0) is 42.8 Å². The molecule has 0 atom stereocenters. The van der Waals surface area contributed by atoms with Crippen molar-refractivity contribution < 1.29 is 9.18 Å². The first-order valence-electron chi connectivity index (χ1n) is 9.11. The van der Waals surface area contributed by atoms with Crippen molar-refractivity contribution in [3.05, 3.63) is 59.7 Å². The highest BCUT2D eigenvalue weighted by Crippen LogP contribution is 2.15. The fraction of sp³-hybridized carbons (Fsp3) is 0.400. The van der Waals surface area contributed by atoms with Crippen molar-refractivity contribution in [2.45, 2.75) is 13.3 Å². The fourth-order valence-electron chi connectivity index (χ4n) is 3.09. The van der Waals surface area contributed by atoms with Crippen molar-refractivity contribution in [3.63, 3.8) is 0 Å². The first-order valence-corrected chi connectivity index (χ1v) is 9.11. The average molecular weight is 356 g/mol. The highest BCUT2D eigenvalue weighted by molar-refractivity contribution is 5.92. The van der Waals surface area contributed by atoms with E-state index in [9.17, 15) is 9.18 Å². The molecule has 0 aliphatic carbocycles. The average Bonchev–Trinajstić information content (AvgIpc) is 2.69. The van der Waals surface area contributed by atoms with Crippen molar-refractivity contribution >= 4 is 11.6 Å². The number of aromatic nitrogens is 1. The maximum atomic E-state index is 12.9. The minimum Gasteiger partial charge on any atom is -0.368 e. The van der Waals surface area contributed by atoms with Gasteiger partial charge in [-0.1, -0.05) is 19.1 Å². The summed E-state index contributed by atoms with van der Waals surface area (Å²) in [6.45, 7) is 7.85. The first kappa shape index (κ1) is 18.3. The van der Waals surface area contributed by atoms with E-state index in [1.807, 2.05) is 6.07 Å². The zero-order chi connectivity index (χ0) is 18.4. The number of pyridine rings is 1. The highest BCUT2D eigenvalue weighted by Gasteiger charge is 2.16. The fourth-order valence-corrected chi connectivity index (χ4v) is 3.09. The van der Waals surface area contributed by atoms with Gasteiger partial charge in [0.25, 0.3) is 5.91 Å². The number of amides is 1. The summed E-state index contributed by atoms with van der Waals surface area (Å²) in [7, 11) is 0. The molecule has 1 aliphatic heterocycles. The van der Waals surface area contributed by atoms with Gasteiger partial charge in [-0.15, -0.1) is 0 Å². The third-order valence-electron chi connectivity index (χ3n) is 4.78. The monoisotopic (exact) mass is 356 g/mol. The van der Waals surface area contributed by atoms with Crippen LogP contribution in [-0.2, 0) is 6.42 Å².